The number of aliphatic imine (C=N–C) groups is 2. The highest BCUT2D eigenvalue weighted by Crippen LogP contribution is 2.43. The molecule has 1 aromatic heterocycles. The number of methoxy groups -OCH3 is 1. The van der Waals surface area contributed by atoms with Gasteiger partial charge in [-0.3, -0.25) is 10.3 Å². The first-order chi connectivity index (χ1) is 20.5. The number of ether oxygens (including phenoxy) is 1. The monoisotopic (exact) mass is 635 g/mol. The number of hydrogen-bond acceptors (Lipinski definition) is 9. The normalized spacial score (nSPS) is 31.4. The molecule has 0 bridgehead atoms. The number of H-pyrrole nitrogens is 1. The van der Waals surface area contributed by atoms with Crippen molar-refractivity contribution >= 4 is 35.3 Å². The highest BCUT2D eigenvalue weighted by Gasteiger charge is 2.53. The predicted octanol–water partition coefficient (Wildman–Crippen LogP) is 5.11. The molecule has 3 N–H and O–H groups in total. The lowest BCUT2D eigenvalue weighted by Crippen LogP contribution is -2.59. The molecular weight excluding hydrogens is 596 g/mol. The molecule has 10 nitrogen and oxygen atoms in total. The molecule has 0 spiro atoms. The second-order valence-electron chi connectivity index (χ2n) is 12.0. The van der Waals surface area contributed by atoms with Crippen molar-refractivity contribution in [2.45, 2.75) is 88.8 Å². The summed E-state index contributed by atoms with van der Waals surface area (Å²) in [7, 11) is 1.60. The fraction of sp³-hybridized carbons (Fsp3) is 0.600. The van der Waals surface area contributed by atoms with E-state index < -0.39 is 35.2 Å². The highest BCUT2D eigenvalue weighted by molar-refractivity contribution is 6.29. The fourth-order valence-corrected chi connectivity index (χ4v) is 6.80. The maximum Gasteiger partial charge on any atom is 0.434 e. The summed E-state index contributed by atoms with van der Waals surface area (Å²) in [5, 5.41) is 13.1. The van der Waals surface area contributed by atoms with Crippen molar-refractivity contribution in [3.63, 3.8) is 0 Å². The van der Waals surface area contributed by atoms with Crippen molar-refractivity contribution in [1.29, 1.82) is 0 Å². The van der Waals surface area contributed by atoms with Gasteiger partial charge in [0.05, 0.1) is 16.8 Å². The standard InChI is InChI=1S/C30H40Cl2FN7O3/c1-16-9-11-19(12-10-16)15-40-24-23(17(2)13-34-14-18(3)31)35-26(27-38-39-29(41)43-27)36-25(24)37-28(40)30(4,42-5)20-7-6-8-21(32)22(20)33/h7,13-14,16,19,21-22,25,28,37H,2,6,8-12,15H2,1,3-5H3,(H,35,36)(H,39,41)/b18-14+,34-13-/t16-,19-,21?,22-,25+,28-,30?/m1/s1. The minimum absolute atomic E-state index is 0.000786. The molecular formula is C30H40Cl2FN7O3. The first-order valence-electron chi connectivity index (χ1n) is 14.8. The van der Waals surface area contributed by atoms with Gasteiger partial charge in [0.2, 0.25) is 0 Å². The van der Waals surface area contributed by atoms with Gasteiger partial charge in [0.25, 0.3) is 5.89 Å². The van der Waals surface area contributed by atoms with Crippen LogP contribution in [0.5, 0.6) is 0 Å². The molecule has 3 heterocycles. The molecule has 2 unspecified atom stereocenters. The lowest BCUT2D eigenvalue weighted by atomic mass is 9.81. The van der Waals surface area contributed by atoms with Crippen LogP contribution in [0.25, 0.3) is 0 Å². The Labute approximate surface area is 261 Å². The number of alkyl halides is 2. The molecule has 0 radical (unpaired) electrons. The Morgan fingerprint density at radius 1 is 1.35 bits per heavy atom. The Morgan fingerprint density at radius 2 is 2.09 bits per heavy atom. The Hall–Kier alpha value is -2.73. The number of allylic oxidation sites excluding steroid dienone is 3. The van der Waals surface area contributed by atoms with E-state index in [-0.39, 0.29) is 11.7 Å². The molecule has 0 amide bonds. The van der Waals surface area contributed by atoms with E-state index in [1.54, 1.807) is 20.2 Å². The third-order valence-electron chi connectivity index (χ3n) is 8.92. The number of rotatable bonds is 9. The Bertz CT molecular complexity index is 1420. The van der Waals surface area contributed by atoms with Crippen LogP contribution < -0.4 is 16.4 Å². The third-order valence-corrected chi connectivity index (χ3v) is 9.46. The van der Waals surface area contributed by atoms with Crippen molar-refractivity contribution in [2.75, 3.05) is 13.7 Å². The number of halogens is 3. The third kappa shape index (κ3) is 6.55. The largest absolute Gasteiger partial charge is 0.434 e. The zero-order valence-corrected chi connectivity index (χ0v) is 26.5. The Balaban J connectivity index is 1.63. The number of aromatic amines is 1. The van der Waals surface area contributed by atoms with Crippen LogP contribution in [-0.2, 0) is 4.74 Å². The lowest BCUT2D eigenvalue weighted by molar-refractivity contribution is -0.0433. The average Bonchev–Trinajstić information content (AvgIpc) is 3.58. The number of nitrogens with zero attached hydrogens (tertiary/aromatic N) is 4. The zero-order valence-electron chi connectivity index (χ0n) is 25.0. The molecule has 43 heavy (non-hydrogen) atoms. The van der Waals surface area contributed by atoms with E-state index in [2.05, 4.69) is 44.2 Å². The molecule has 5 atom stereocenters. The molecule has 2 fully saturated rings. The summed E-state index contributed by atoms with van der Waals surface area (Å²) in [6.45, 7) is 10.9. The summed E-state index contributed by atoms with van der Waals surface area (Å²) in [4.78, 5) is 23.2. The topological polar surface area (TPSA) is 120 Å². The molecule has 0 aromatic carbocycles. The molecule has 1 saturated carbocycles. The van der Waals surface area contributed by atoms with Crippen LogP contribution in [0.15, 0.2) is 65.6 Å². The highest BCUT2D eigenvalue weighted by atomic mass is 35.5. The SMILES string of the molecule is C=C(/C=N\C=C(/C)Cl)C1=C2[C@@H](NC(c3n[nH]c(=O)o3)=N1)N[C@@H](C(C)(OC)C1=CCCC(Cl)[C@@H]1F)N2C[C@H]1CC[C@H](C)CC1. The molecule has 4 aliphatic rings. The van der Waals surface area contributed by atoms with Crippen LogP contribution in [0.4, 0.5) is 4.39 Å². The second-order valence-corrected chi connectivity index (χ2v) is 13.2. The summed E-state index contributed by atoms with van der Waals surface area (Å²) in [5.74, 6) is 0.636. The van der Waals surface area contributed by atoms with Gasteiger partial charge in [-0.15, -0.1) is 16.7 Å². The second kappa shape index (κ2) is 13.1. The summed E-state index contributed by atoms with van der Waals surface area (Å²) in [6, 6.07) is 0. The van der Waals surface area contributed by atoms with Gasteiger partial charge in [-0.1, -0.05) is 44.0 Å². The number of aromatic nitrogens is 2. The number of fused-ring (bicyclic) bond motifs is 1. The molecule has 1 aromatic rings. The quantitative estimate of drug-likeness (QED) is 0.196. The van der Waals surface area contributed by atoms with E-state index in [1.165, 1.54) is 6.20 Å². The van der Waals surface area contributed by atoms with Gasteiger partial charge in [-0.25, -0.2) is 19.3 Å². The summed E-state index contributed by atoms with van der Waals surface area (Å²) < 4.78 is 27.2. The van der Waals surface area contributed by atoms with Crippen LogP contribution in [0.1, 0.15) is 65.2 Å². The van der Waals surface area contributed by atoms with Crippen molar-refractivity contribution < 1.29 is 13.5 Å². The van der Waals surface area contributed by atoms with Crippen molar-refractivity contribution in [3.8, 4) is 0 Å². The predicted molar refractivity (Wildman–Crippen MR) is 167 cm³/mol. The van der Waals surface area contributed by atoms with E-state index in [1.807, 2.05) is 13.0 Å². The molecule has 13 heteroatoms. The number of hydrogen-bond donors (Lipinski definition) is 3. The van der Waals surface area contributed by atoms with Crippen molar-refractivity contribution in [2.24, 2.45) is 21.8 Å². The van der Waals surface area contributed by atoms with Gasteiger partial charge in [0, 0.05) is 36.7 Å². The average molecular weight is 637 g/mol. The van der Waals surface area contributed by atoms with Gasteiger partial charge in [0.15, 0.2) is 5.84 Å². The first-order valence-corrected chi connectivity index (χ1v) is 15.6. The molecule has 1 saturated heterocycles. The van der Waals surface area contributed by atoms with Crippen LogP contribution in [0.2, 0.25) is 0 Å². The molecule has 5 rings (SSSR count). The van der Waals surface area contributed by atoms with Gasteiger partial charge in [-0.2, -0.15) is 0 Å². The van der Waals surface area contributed by atoms with Gasteiger partial charge in [-0.05, 0) is 56.9 Å². The molecule has 2 aliphatic carbocycles. The maximum atomic E-state index is 15.8. The van der Waals surface area contributed by atoms with E-state index in [0.29, 0.717) is 53.1 Å². The fourth-order valence-electron chi connectivity index (χ4n) is 6.49. The maximum absolute atomic E-state index is 15.8. The van der Waals surface area contributed by atoms with E-state index in [9.17, 15) is 4.79 Å². The van der Waals surface area contributed by atoms with Crippen LogP contribution in [-0.4, -0.2) is 70.3 Å². The Kier molecular flexibility index (Phi) is 9.65. The van der Waals surface area contributed by atoms with Crippen LogP contribution in [0, 0.1) is 11.8 Å². The lowest BCUT2D eigenvalue weighted by Gasteiger charge is -2.45. The van der Waals surface area contributed by atoms with E-state index in [4.69, 9.17) is 37.3 Å². The van der Waals surface area contributed by atoms with Gasteiger partial charge < -0.3 is 19.4 Å². The minimum Gasteiger partial charge on any atom is -0.384 e. The first kappa shape index (κ1) is 31.7. The Morgan fingerprint density at radius 3 is 2.74 bits per heavy atom. The summed E-state index contributed by atoms with van der Waals surface area (Å²) in [6.07, 6.45) is 8.36. The van der Waals surface area contributed by atoms with Gasteiger partial charge >= 0.3 is 5.76 Å². The van der Waals surface area contributed by atoms with Gasteiger partial charge in [0.1, 0.15) is 24.1 Å². The van der Waals surface area contributed by atoms with Crippen LogP contribution in [0.3, 0.4) is 0 Å². The number of nitrogens with one attached hydrogen (secondary N) is 3. The van der Waals surface area contributed by atoms with Crippen LogP contribution >= 0.6 is 23.2 Å². The van der Waals surface area contributed by atoms with E-state index in [0.717, 1.165) is 31.4 Å². The summed E-state index contributed by atoms with van der Waals surface area (Å²) >= 11 is 12.5. The van der Waals surface area contributed by atoms with Crippen molar-refractivity contribution in [3.05, 3.63) is 62.9 Å². The molecule has 2 aliphatic heterocycles. The minimum atomic E-state index is -1.36. The zero-order chi connectivity index (χ0) is 30.9. The van der Waals surface area contributed by atoms with Crippen molar-refractivity contribution in [1.82, 2.24) is 25.7 Å². The van der Waals surface area contributed by atoms with E-state index >= 15 is 4.39 Å². The molecule has 234 valence electrons. The summed E-state index contributed by atoms with van der Waals surface area (Å²) in [5.41, 5.74) is 1.28. The smallest absolute Gasteiger partial charge is 0.384 e. The number of amidine groups is 1.